The Bertz CT molecular complexity index is 1170. The van der Waals surface area contributed by atoms with Crippen molar-refractivity contribution in [1.82, 2.24) is 19.9 Å². The van der Waals surface area contributed by atoms with Crippen molar-refractivity contribution in [2.75, 3.05) is 32.1 Å². The van der Waals surface area contributed by atoms with Gasteiger partial charge < -0.3 is 19.9 Å². The molecule has 7 heteroatoms. The summed E-state index contributed by atoms with van der Waals surface area (Å²) in [6.45, 7) is 7.34. The molecule has 0 amide bonds. The molecule has 156 valence electrons. The van der Waals surface area contributed by atoms with Gasteiger partial charge in [0, 0.05) is 34.0 Å². The highest BCUT2D eigenvalue weighted by atomic mass is 79.9. The number of methoxy groups -OCH3 is 1. The fraction of sp³-hybridized carbons (Fsp3) is 0.304. The van der Waals surface area contributed by atoms with E-state index in [1.54, 1.807) is 7.11 Å². The van der Waals surface area contributed by atoms with E-state index < -0.39 is 0 Å². The third-order valence-electron chi connectivity index (χ3n) is 5.34. The van der Waals surface area contributed by atoms with Crippen molar-refractivity contribution in [3.05, 3.63) is 52.8 Å². The lowest BCUT2D eigenvalue weighted by molar-refractivity contribution is 0.306. The van der Waals surface area contributed by atoms with Gasteiger partial charge in [0.25, 0.3) is 0 Å². The fourth-order valence-corrected chi connectivity index (χ4v) is 4.05. The molecule has 0 fully saturated rings. The highest BCUT2D eigenvalue weighted by Crippen LogP contribution is 2.33. The molecule has 4 aromatic rings. The Morgan fingerprint density at radius 1 is 1.10 bits per heavy atom. The van der Waals surface area contributed by atoms with Gasteiger partial charge in [0.15, 0.2) is 0 Å². The molecule has 0 saturated heterocycles. The first-order chi connectivity index (χ1) is 14.6. The van der Waals surface area contributed by atoms with Crippen molar-refractivity contribution in [3.63, 3.8) is 0 Å². The second-order valence-electron chi connectivity index (χ2n) is 7.16. The number of rotatable bonds is 8. The topological polar surface area (TPSA) is 66.1 Å². The van der Waals surface area contributed by atoms with Crippen LogP contribution in [0.5, 0.6) is 5.75 Å². The van der Waals surface area contributed by atoms with Gasteiger partial charge in [-0.15, -0.1) is 0 Å². The number of anilines is 2. The predicted molar refractivity (Wildman–Crippen MR) is 127 cm³/mol. The lowest BCUT2D eigenvalue weighted by Gasteiger charge is -2.17. The summed E-state index contributed by atoms with van der Waals surface area (Å²) < 4.78 is 6.46. The Morgan fingerprint density at radius 3 is 2.67 bits per heavy atom. The number of aromatic amines is 1. The Morgan fingerprint density at radius 2 is 1.93 bits per heavy atom. The molecule has 2 N–H and O–H groups in total. The van der Waals surface area contributed by atoms with Crippen LogP contribution in [0.4, 0.5) is 11.5 Å². The van der Waals surface area contributed by atoms with Crippen LogP contribution in [0.3, 0.4) is 0 Å². The van der Waals surface area contributed by atoms with Crippen LogP contribution in [-0.2, 0) is 6.42 Å². The predicted octanol–water partition coefficient (Wildman–Crippen LogP) is 5.51. The number of nitrogens with one attached hydrogen (secondary N) is 2. The molecule has 0 spiro atoms. The SMILES string of the molecule is CCN(CC)CCc1nc(Nc2cccc(Br)c2)c2c(n1)[nH]c1ccc(OC)cc12. The van der Waals surface area contributed by atoms with Crippen molar-refractivity contribution in [3.8, 4) is 5.75 Å². The van der Waals surface area contributed by atoms with Gasteiger partial charge in [0.1, 0.15) is 23.0 Å². The van der Waals surface area contributed by atoms with Crippen molar-refractivity contribution >= 4 is 49.4 Å². The molecule has 2 heterocycles. The summed E-state index contributed by atoms with van der Waals surface area (Å²) >= 11 is 3.55. The monoisotopic (exact) mass is 467 g/mol. The number of hydrogen-bond donors (Lipinski definition) is 2. The van der Waals surface area contributed by atoms with E-state index in [4.69, 9.17) is 14.7 Å². The van der Waals surface area contributed by atoms with Crippen molar-refractivity contribution in [2.24, 2.45) is 0 Å². The van der Waals surface area contributed by atoms with E-state index in [1.165, 1.54) is 0 Å². The zero-order valence-electron chi connectivity index (χ0n) is 17.5. The molecule has 30 heavy (non-hydrogen) atoms. The largest absolute Gasteiger partial charge is 0.497 e. The zero-order valence-corrected chi connectivity index (χ0v) is 19.1. The Labute approximate surface area is 184 Å². The minimum Gasteiger partial charge on any atom is -0.497 e. The molecule has 4 rings (SSSR count). The van der Waals surface area contributed by atoms with Crippen LogP contribution in [0.1, 0.15) is 19.7 Å². The number of aromatic nitrogens is 3. The van der Waals surface area contributed by atoms with Gasteiger partial charge in [-0.3, -0.25) is 0 Å². The number of ether oxygens (including phenoxy) is 1. The smallest absolute Gasteiger partial charge is 0.144 e. The van der Waals surface area contributed by atoms with Crippen LogP contribution in [0.15, 0.2) is 46.9 Å². The first-order valence-electron chi connectivity index (χ1n) is 10.2. The Hall–Kier alpha value is -2.64. The summed E-state index contributed by atoms with van der Waals surface area (Å²) in [7, 11) is 1.68. The second kappa shape index (κ2) is 9.02. The lowest BCUT2D eigenvalue weighted by atomic mass is 10.2. The molecule has 2 aromatic carbocycles. The second-order valence-corrected chi connectivity index (χ2v) is 8.08. The van der Waals surface area contributed by atoms with Crippen LogP contribution in [0, 0.1) is 0 Å². The number of hydrogen-bond acceptors (Lipinski definition) is 5. The molecular weight excluding hydrogens is 442 g/mol. The molecule has 2 aromatic heterocycles. The number of fused-ring (bicyclic) bond motifs is 3. The number of likely N-dealkylation sites (N-methyl/N-ethyl adjacent to an activating group) is 1. The Kier molecular flexibility index (Phi) is 6.20. The van der Waals surface area contributed by atoms with E-state index in [0.29, 0.717) is 0 Å². The molecule has 6 nitrogen and oxygen atoms in total. The highest BCUT2D eigenvalue weighted by Gasteiger charge is 2.15. The highest BCUT2D eigenvalue weighted by molar-refractivity contribution is 9.10. The van der Waals surface area contributed by atoms with Crippen LogP contribution in [0.2, 0.25) is 0 Å². The van der Waals surface area contributed by atoms with Crippen molar-refractivity contribution in [1.29, 1.82) is 0 Å². The third-order valence-corrected chi connectivity index (χ3v) is 5.83. The van der Waals surface area contributed by atoms with Gasteiger partial charge in [0.05, 0.1) is 12.5 Å². The quantitative estimate of drug-likeness (QED) is 0.357. The van der Waals surface area contributed by atoms with Gasteiger partial charge in [-0.25, -0.2) is 9.97 Å². The average Bonchev–Trinajstić information content (AvgIpc) is 3.12. The number of halogens is 1. The minimum atomic E-state index is 0.795. The van der Waals surface area contributed by atoms with Gasteiger partial charge in [-0.05, 0) is 49.5 Å². The summed E-state index contributed by atoms with van der Waals surface area (Å²) in [5.74, 6) is 2.43. The Balaban J connectivity index is 1.82. The van der Waals surface area contributed by atoms with Gasteiger partial charge in [-0.2, -0.15) is 0 Å². The molecule has 0 aliphatic rings. The third kappa shape index (κ3) is 4.27. The van der Waals surface area contributed by atoms with E-state index in [0.717, 1.165) is 75.5 Å². The fourth-order valence-electron chi connectivity index (χ4n) is 3.65. The standard InChI is InChI=1S/C23H26BrN5O/c1-4-29(5-2)12-11-20-27-22(25-16-8-6-7-15(24)13-16)21-18-14-17(30-3)9-10-19(18)26-23(21)28-20/h6-10,13-14H,4-5,11-12H2,1-3H3,(H2,25,26,27,28). The number of benzene rings is 2. The van der Waals surface area contributed by atoms with E-state index in [9.17, 15) is 0 Å². The maximum atomic E-state index is 5.44. The minimum absolute atomic E-state index is 0.795. The van der Waals surface area contributed by atoms with Gasteiger partial charge in [-0.1, -0.05) is 35.8 Å². The van der Waals surface area contributed by atoms with Gasteiger partial charge >= 0.3 is 0 Å². The first-order valence-corrected chi connectivity index (χ1v) is 11.0. The van der Waals surface area contributed by atoms with Crippen LogP contribution in [0.25, 0.3) is 21.9 Å². The van der Waals surface area contributed by atoms with Crippen molar-refractivity contribution in [2.45, 2.75) is 20.3 Å². The molecule has 0 saturated carbocycles. The van der Waals surface area contributed by atoms with E-state index in [1.807, 2.05) is 42.5 Å². The molecular formula is C23H26BrN5O. The molecule has 0 aliphatic heterocycles. The molecule has 0 unspecified atom stereocenters. The number of H-pyrrole nitrogens is 1. The number of nitrogens with zero attached hydrogens (tertiary/aromatic N) is 3. The molecule has 0 bridgehead atoms. The van der Waals surface area contributed by atoms with Crippen LogP contribution >= 0.6 is 15.9 Å². The van der Waals surface area contributed by atoms with E-state index in [2.05, 4.69) is 45.0 Å². The molecule has 0 aliphatic carbocycles. The first kappa shape index (κ1) is 20.6. The van der Waals surface area contributed by atoms with E-state index in [-0.39, 0.29) is 0 Å². The normalized spacial score (nSPS) is 11.5. The summed E-state index contributed by atoms with van der Waals surface area (Å²) in [5, 5.41) is 5.51. The maximum absolute atomic E-state index is 5.44. The van der Waals surface area contributed by atoms with Crippen LogP contribution in [-0.4, -0.2) is 46.6 Å². The average molecular weight is 468 g/mol. The summed E-state index contributed by atoms with van der Waals surface area (Å²) in [6.07, 6.45) is 0.795. The van der Waals surface area contributed by atoms with Crippen molar-refractivity contribution < 1.29 is 4.74 Å². The zero-order chi connectivity index (χ0) is 21.1. The summed E-state index contributed by atoms with van der Waals surface area (Å²) in [6, 6.07) is 14.1. The maximum Gasteiger partial charge on any atom is 0.144 e. The van der Waals surface area contributed by atoms with Crippen LogP contribution < -0.4 is 10.1 Å². The summed E-state index contributed by atoms with van der Waals surface area (Å²) in [5.41, 5.74) is 2.81. The van der Waals surface area contributed by atoms with E-state index >= 15 is 0 Å². The summed E-state index contributed by atoms with van der Waals surface area (Å²) in [4.78, 5) is 15.6. The van der Waals surface area contributed by atoms with Gasteiger partial charge in [0.2, 0.25) is 0 Å². The molecule has 0 atom stereocenters. The lowest BCUT2D eigenvalue weighted by Crippen LogP contribution is -2.25. The molecule has 0 radical (unpaired) electrons.